The minimum atomic E-state index is -0.306. The van der Waals surface area contributed by atoms with E-state index >= 15 is 0 Å². The normalized spacial score (nSPS) is 14.5. The first-order chi connectivity index (χ1) is 16.5. The lowest BCUT2D eigenvalue weighted by molar-refractivity contribution is -0.116. The first-order valence-electron chi connectivity index (χ1n) is 11.1. The number of halogens is 1. The van der Waals surface area contributed by atoms with Gasteiger partial charge in [0.2, 0.25) is 5.91 Å². The number of likely N-dealkylation sites (N-methyl/N-ethyl adjacent to an activating group) is 1. The Morgan fingerprint density at radius 1 is 1.09 bits per heavy atom. The molecule has 34 heavy (non-hydrogen) atoms. The summed E-state index contributed by atoms with van der Waals surface area (Å²) in [6.45, 7) is 3.49. The molecule has 0 saturated carbocycles. The predicted octanol–water partition coefficient (Wildman–Crippen LogP) is 4.17. The average molecular weight is 494 g/mol. The highest BCUT2D eigenvalue weighted by atomic mass is 35.5. The second-order valence-electron chi connectivity index (χ2n) is 8.37. The van der Waals surface area contributed by atoms with Crippen LogP contribution in [0.4, 0.5) is 11.4 Å². The average Bonchev–Trinajstić information content (AvgIpc) is 3.28. The number of piperazine rings is 1. The molecule has 2 aromatic heterocycles. The van der Waals surface area contributed by atoms with Crippen LogP contribution in [-0.2, 0) is 11.3 Å². The van der Waals surface area contributed by atoms with E-state index in [1.807, 2.05) is 48.5 Å². The fourth-order valence-electron chi connectivity index (χ4n) is 4.09. The van der Waals surface area contributed by atoms with E-state index in [9.17, 15) is 9.59 Å². The van der Waals surface area contributed by atoms with E-state index in [0.29, 0.717) is 20.9 Å². The number of hydrogen-bond acceptors (Lipinski definition) is 6. The lowest BCUT2D eigenvalue weighted by Crippen LogP contribution is -2.44. The summed E-state index contributed by atoms with van der Waals surface area (Å²) in [5.74, 6) is -0.306. The predicted molar refractivity (Wildman–Crippen MR) is 139 cm³/mol. The number of aromatic nitrogens is 2. The van der Waals surface area contributed by atoms with Crippen molar-refractivity contribution < 1.29 is 4.79 Å². The first-order valence-corrected chi connectivity index (χ1v) is 12.2. The van der Waals surface area contributed by atoms with Gasteiger partial charge in [0.05, 0.1) is 23.1 Å². The van der Waals surface area contributed by atoms with Crippen LogP contribution in [0.15, 0.2) is 65.7 Å². The van der Waals surface area contributed by atoms with Crippen LogP contribution in [0, 0.1) is 0 Å². The van der Waals surface area contributed by atoms with Gasteiger partial charge in [0.15, 0.2) is 0 Å². The molecule has 1 fully saturated rings. The van der Waals surface area contributed by atoms with Gasteiger partial charge in [-0.1, -0.05) is 41.9 Å². The maximum absolute atomic E-state index is 13.1. The molecule has 174 valence electrons. The van der Waals surface area contributed by atoms with Crippen molar-refractivity contribution in [2.24, 2.45) is 0 Å². The van der Waals surface area contributed by atoms with E-state index in [4.69, 9.17) is 11.6 Å². The van der Waals surface area contributed by atoms with Crippen molar-refractivity contribution in [1.29, 1.82) is 0 Å². The van der Waals surface area contributed by atoms with E-state index in [1.165, 1.54) is 22.2 Å². The summed E-state index contributed by atoms with van der Waals surface area (Å²) in [4.78, 5) is 36.6. The molecule has 5 rings (SSSR count). The smallest absolute Gasteiger partial charge is 0.262 e. The van der Waals surface area contributed by atoms with Gasteiger partial charge >= 0.3 is 0 Å². The molecule has 1 N–H and O–H groups in total. The number of nitrogens with zero attached hydrogens (tertiary/aromatic N) is 4. The number of hydrogen-bond donors (Lipinski definition) is 1. The van der Waals surface area contributed by atoms with Crippen molar-refractivity contribution in [1.82, 2.24) is 14.5 Å². The number of benzene rings is 2. The number of nitrogens with one attached hydrogen (secondary N) is 1. The Morgan fingerprint density at radius 2 is 1.85 bits per heavy atom. The van der Waals surface area contributed by atoms with Gasteiger partial charge in [0.1, 0.15) is 11.4 Å². The third-order valence-corrected chi connectivity index (χ3v) is 7.29. The maximum atomic E-state index is 13.1. The number of anilines is 2. The van der Waals surface area contributed by atoms with Gasteiger partial charge in [0.25, 0.3) is 5.56 Å². The quantitative estimate of drug-likeness (QED) is 0.452. The molecular weight excluding hydrogens is 470 g/mol. The summed E-state index contributed by atoms with van der Waals surface area (Å²) in [7, 11) is 2.10. The van der Waals surface area contributed by atoms with Crippen LogP contribution >= 0.6 is 22.9 Å². The molecule has 0 aliphatic carbocycles. The lowest BCUT2D eigenvalue weighted by atomic mass is 10.2. The Labute approximate surface area is 206 Å². The highest BCUT2D eigenvalue weighted by Crippen LogP contribution is 2.31. The standard InChI is InChI=1S/C25H24ClN5O2S/c1-29-9-11-30(12-10-29)21-8-7-18(26)13-20(21)28-23(32)15-31-16-27-24-19(25(31)33)14-22(34-24)17-5-3-2-4-6-17/h2-8,13-14,16H,9-12,15H2,1H3,(H,28,32). The van der Waals surface area contributed by atoms with Gasteiger partial charge in [0, 0.05) is 36.1 Å². The minimum absolute atomic E-state index is 0.132. The summed E-state index contributed by atoms with van der Waals surface area (Å²) in [6, 6.07) is 17.2. The third-order valence-electron chi connectivity index (χ3n) is 5.97. The molecule has 1 aliphatic heterocycles. The van der Waals surface area contributed by atoms with E-state index < -0.39 is 0 Å². The molecule has 1 aliphatic rings. The number of carbonyl (C=O) groups is 1. The second-order valence-corrected chi connectivity index (χ2v) is 9.84. The van der Waals surface area contributed by atoms with Gasteiger partial charge < -0.3 is 15.1 Å². The Bertz CT molecular complexity index is 1390. The molecule has 9 heteroatoms. The topological polar surface area (TPSA) is 70.5 Å². The second kappa shape index (κ2) is 9.58. The zero-order chi connectivity index (χ0) is 23.7. The molecule has 0 atom stereocenters. The number of thiophene rings is 1. The molecule has 1 saturated heterocycles. The Kier molecular flexibility index (Phi) is 6.36. The van der Waals surface area contributed by atoms with Crippen LogP contribution < -0.4 is 15.8 Å². The summed E-state index contributed by atoms with van der Waals surface area (Å²) in [5, 5.41) is 4.01. The van der Waals surface area contributed by atoms with Crippen molar-refractivity contribution in [2.45, 2.75) is 6.54 Å². The van der Waals surface area contributed by atoms with E-state index in [2.05, 4.69) is 27.1 Å². The van der Waals surface area contributed by atoms with E-state index in [0.717, 1.165) is 42.3 Å². The van der Waals surface area contributed by atoms with Crippen molar-refractivity contribution in [2.75, 3.05) is 43.4 Å². The van der Waals surface area contributed by atoms with E-state index in [-0.39, 0.29) is 18.0 Å². The maximum Gasteiger partial charge on any atom is 0.262 e. The third kappa shape index (κ3) is 4.70. The Balaban J connectivity index is 1.37. The summed E-state index contributed by atoms with van der Waals surface area (Å²) >= 11 is 7.69. The monoisotopic (exact) mass is 493 g/mol. The minimum Gasteiger partial charge on any atom is -0.367 e. The summed E-state index contributed by atoms with van der Waals surface area (Å²) < 4.78 is 1.35. The lowest BCUT2D eigenvalue weighted by Gasteiger charge is -2.35. The molecule has 4 aromatic rings. The number of amides is 1. The highest BCUT2D eigenvalue weighted by Gasteiger charge is 2.19. The Morgan fingerprint density at radius 3 is 2.62 bits per heavy atom. The number of fused-ring (bicyclic) bond motifs is 1. The summed E-state index contributed by atoms with van der Waals surface area (Å²) in [5.41, 5.74) is 2.37. The van der Waals surface area contributed by atoms with Crippen LogP contribution in [0.2, 0.25) is 5.02 Å². The molecule has 0 spiro atoms. The van der Waals surface area contributed by atoms with Crippen molar-refractivity contribution in [3.8, 4) is 10.4 Å². The molecule has 2 aromatic carbocycles. The fourth-order valence-corrected chi connectivity index (χ4v) is 5.26. The molecular formula is C25H24ClN5O2S. The zero-order valence-corrected chi connectivity index (χ0v) is 20.3. The molecule has 0 unspecified atom stereocenters. The molecule has 0 radical (unpaired) electrons. The van der Waals surface area contributed by atoms with Crippen LogP contribution in [0.25, 0.3) is 20.7 Å². The van der Waals surface area contributed by atoms with Crippen molar-refractivity contribution in [3.05, 3.63) is 76.3 Å². The van der Waals surface area contributed by atoms with Crippen LogP contribution in [-0.4, -0.2) is 53.6 Å². The van der Waals surface area contributed by atoms with Gasteiger partial charge in [-0.05, 0) is 36.9 Å². The first kappa shape index (κ1) is 22.6. The fraction of sp³-hybridized carbons (Fsp3) is 0.240. The molecule has 3 heterocycles. The number of carbonyl (C=O) groups excluding carboxylic acids is 1. The van der Waals surface area contributed by atoms with Gasteiger partial charge in [-0.15, -0.1) is 11.3 Å². The Hall–Kier alpha value is -3.20. The molecule has 7 nitrogen and oxygen atoms in total. The van der Waals surface area contributed by atoms with Crippen LogP contribution in [0.5, 0.6) is 0 Å². The largest absolute Gasteiger partial charge is 0.367 e. The highest BCUT2D eigenvalue weighted by molar-refractivity contribution is 7.21. The summed E-state index contributed by atoms with van der Waals surface area (Å²) in [6.07, 6.45) is 1.44. The number of rotatable bonds is 5. The van der Waals surface area contributed by atoms with E-state index in [1.54, 1.807) is 6.07 Å². The molecule has 1 amide bonds. The van der Waals surface area contributed by atoms with Gasteiger partial charge in [-0.2, -0.15) is 0 Å². The van der Waals surface area contributed by atoms with Crippen molar-refractivity contribution >= 4 is 50.4 Å². The van der Waals surface area contributed by atoms with Crippen molar-refractivity contribution in [3.63, 3.8) is 0 Å². The zero-order valence-electron chi connectivity index (χ0n) is 18.7. The molecule has 0 bridgehead atoms. The van der Waals surface area contributed by atoms with Crippen LogP contribution in [0.3, 0.4) is 0 Å². The van der Waals surface area contributed by atoms with Gasteiger partial charge in [-0.3, -0.25) is 14.2 Å². The SMILES string of the molecule is CN1CCN(c2ccc(Cl)cc2NC(=O)Cn2cnc3sc(-c4ccccc4)cc3c2=O)CC1. The van der Waals surface area contributed by atoms with Gasteiger partial charge in [-0.25, -0.2) is 4.98 Å². The van der Waals surface area contributed by atoms with Crippen LogP contribution in [0.1, 0.15) is 0 Å².